The van der Waals surface area contributed by atoms with Crippen molar-refractivity contribution in [2.75, 3.05) is 18.6 Å². The minimum atomic E-state index is -0.997. The normalized spacial score (nSPS) is 16.9. The van der Waals surface area contributed by atoms with Gasteiger partial charge in [-0.25, -0.2) is 4.98 Å². The van der Waals surface area contributed by atoms with Crippen molar-refractivity contribution in [1.29, 1.82) is 0 Å². The number of rotatable bonds is 6. The van der Waals surface area contributed by atoms with Crippen molar-refractivity contribution in [2.45, 2.75) is 19.9 Å². The van der Waals surface area contributed by atoms with Gasteiger partial charge in [-0.3, -0.25) is 14.5 Å². The maximum absolute atomic E-state index is 13.4. The summed E-state index contributed by atoms with van der Waals surface area (Å²) in [6.45, 7) is 4.32. The van der Waals surface area contributed by atoms with Crippen molar-refractivity contribution in [1.82, 2.24) is 4.98 Å². The molecule has 4 aromatic rings. The van der Waals surface area contributed by atoms with Crippen LogP contribution in [-0.4, -0.2) is 40.6 Å². The molecule has 1 aromatic heterocycles. The number of carbonyl (C=O) groups is 2. The fraction of sp³-hybridized carbons (Fsp3) is 0.179. The predicted molar refractivity (Wildman–Crippen MR) is 141 cm³/mol. The van der Waals surface area contributed by atoms with Crippen LogP contribution in [0.15, 0.2) is 66.2 Å². The Bertz CT molecular complexity index is 1560. The van der Waals surface area contributed by atoms with Crippen LogP contribution in [0.4, 0.5) is 5.13 Å². The Hall–Kier alpha value is -4.37. The highest BCUT2D eigenvalue weighted by atomic mass is 32.1. The van der Waals surface area contributed by atoms with E-state index in [1.807, 2.05) is 32.0 Å². The molecule has 0 aliphatic carbocycles. The number of fused-ring (bicyclic) bond motifs is 1. The third kappa shape index (κ3) is 4.27. The number of aliphatic hydroxyl groups excluding tert-OH is 1. The number of phenolic OH excluding ortho intramolecular Hbond substituents is 1. The van der Waals surface area contributed by atoms with Gasteiger partial charge < -0.3 is 19.7 Å². The lowest BCUT2D eigenvalue weighted by Gasteiger charge is -2.23. The van der Waals surface area contributed by atoms with E-state index in [9.17, 15) is 19.8 Å². The first-order chi connectivity index (χ1) is 17.8. The Labute approximate surface area is 217 Å². The summed E-state index contributed by atoms with van der Waals surface area (Å²) in [6.07, 6.45) is 0. The fourth-order valence-corrected chi connectivity index (χ4v) is 5.45. The molecular weight excluding hydrogens is 492 g/mol. The molecule has 37 heavy (non-hydrogen) atoms. The maximum atomic E-state index is 13.4. The molecule has 1 atom stereocenters. The second-order valence-electron chi connectivity index (χ2n) is 8.53. The van der Waals surface area contributed by atoms with Gasteiger partial charge in [0.2, 0.25) is 0 Å². The number of phenols is 1. The summed E-state index contributed by atoms with van der Waals surface area (Å²) in [6, 6.07) is 15.9. The van der Waals surface area contributed by atoms with Gasteiger partial charge in [0.25, 0.3) is 5.78 Å². The molecule has 188 valence electrons. The van der Waals surface area contributed by atoms with Crippen LogP contribution in [0.3, 0.4) is 0 Å². The van der Waals surface area contributed by atoms with E-state index in [0.29, 0.717) is 34.1 Å². The average Bonchev–Trinajstić information content (AvgIpc) is 3.42. The number of ketones is 1. The van der Waals surface area contributed by atoms with Crippen LogP contribution in [0.5, 0.6) is 17.2 Å². The summed E-state index contributed by atoms with van der Waals surface area (Å²) in [5.41, 5.74) is 2.48. The first kappa shape index (κ1) is 24.3. The molecule has 1 saturated heterocycles. The summed E-state index contributed by atoms with van der Waals surface area (Å²) in [5.74, 6) is -1.27. The van der Waals surface area contributed by atoms with Crippen LogP contribution in [-0.2, 0) is 9.59 Å². The molecule has 1 unspecified atom stereocenters. The number of aryl methyl sites for hydroxylation is 1. The van der Waals surface area contributed by atoms with Crippen LogP contribution in [0, 0.1) is 6.92 Å². The Morgan fingerprint density at radius 3 is 2.54 bits per heavy atom. The molecular formula is C28H24N2O6S. The summed E-state index contributed by atoms with van der Waals surface area (Å²) < 4.78 is 11.6. The van der Waals surface area contributed by atoms with E-state index >= 15 is 0 Å². The molecule has 9 heteroatoms. The number of aliphatic hydroxyl groups is 1. The Balaban J connectivity index is 1.71. The van der Waals surface area contributed by atoms with Crippen LogP contribution in [0.25, 0.3) is 16.0 Å². The number of thiazole rings is 1. The van der Waals surface area contributed by atoms with Crippen LogP contribution in [0.2, 0.25) is 0 Å². The highest BCUT2D eigenvalue weighted by Crippen LogP contribution is 2.45. The molecule has 0 radical (unpaired) electrons. The Morgan fingerprint density at radius 1 is 1.08 bits per heavy atom. The van der Waals surface area contributed by atoms with Gasteiger partial charge in [-0.2, -0.15) is 0 Å². The van der Waals surface area contributed by atoms with E-state index in [1.54, 1.807) is 36.4 Å². The van der Waals surface area contributed by atoms with Crippen molar-refractivity contribution in [3.63, 3.8) is 0 Å². The number of anilines is 1. The maximum Gasteiger partial charge on any atom is 0.301 e. The lowest BCUT2D eigenvalue weighted by atomic mass is 9.95. The third-order valence-corrected chi connectivity index (χ3v) is 7.16. The van der Waals surface area contributed by atoms with E-state index in [4.69, 9.17) is 9.47 Å². The molecule has 1 amide bonds. The lowest BCUT2D eigenvalue weighted by molar-refractivity contribution is -0.132. The third-order valence-electron chi connectivity index (χ3n) is 6.14. The van der Waals surface area contributed by atoms with E-state index in [0.717, 1.165) is 10.3 Å². The largest absolute Gasteiger partial charge is 0.507 e. The first-order valence-corrected chi connectivity index (χ1v) is 12.4. The smallest absolute Gasteiger partial charge is 0.301 e. The molecule has 3 aromatic carbocycles. The fourth-order valence-electron chi connectivity index (χ4n) is 4.36. The molecule has 1 fully saturated rings. The van der Waals surface area contributed by atoms with Gasteiger partial charge in [0.15, 0.2) is 16.6 Å². The van der Waals surface area contributed by atoms with Gasteiger partial charge in [-0.15, -0.1) is 0 Å². The van der Waals surface area contributed by atoms with Crippen molar-refractivity contribution < 1.29 is 29.3 Å². The average molecular weight is 517 g/mol. The number of amides is 1. The van der Waals surface area contributed by atoms with Crippen molar-refractivity contribution in [3.05, 3.63) is 82.9 Å². The zero-order valence-electron chi connectivity index (χ0n) is 20.4. The monoisotopic (exact) mass is 516 g/mol. The van der Waals surface area contributed by atoms with Gasteiger partial charge in [-0.05, 0) is 73.5 Å². The van der Waals surface area contributed by atoms with Gasteiger partial charge in [0.05, 0.1) is 35.5 Å². The molecule has 2 N–H and O–H groups in total. The Morgan fingerprint density at radius 2 is 1.84 bits per heavy atom. The molecule has 0 saturated carbocycles. The molecule has 1 aliphatic heterocycles. The van der Waals surface area contributed by atoms with E-state index in [-0.39, 0.29) is 22.8 Å². The minimum Gasteiger partial charge on any atom is -0.507 e. The van der Waals surface area contributed by atoms with E-state index < -0.39 is 17.7 Å². The number of hydrogen-bond acceptors (Lipinski definition) is 8. The number of methoxy groups -OCH3 is 1. The van der Waals surface area contributed by atoms with Gasteiger partial charge in [0, 0.05) is 5.56 Å². The van der Waals surface area contributed by atoms with Crippen molar-refractivity contribution >= 4 is 44.1 Å². The number of hydrogen-bond donors (Lipinski definition) is 2. The molecule has 2 heterocycles. The van der Waals surface area contributed by atoms with Crippen LogP contribution >= 0.6 is 11.3 Å². The molecule has 0 bridgehead atoms. The van der Waals surface area contributed by atoms with Crippen molar-refractivity contribution in [2.24, 2.45) is 0 Å². The number of nitrogens with zero attached hydrogens (tertiary/aromatic N) is 2. The predicted octanol–water partition coefficient (Wildman–Crippen LogP) is 5.34. The second kappa shape index (κ2) is 9.59. The minimum absolute atomic E-state index is 0.0858. The summed E-state index contributed by atoms with van der Waals surface area (Å²) in [5, 5.41) is 21.8. The van der Waals surface area contributed by atoms with Crippen LogP contribution in [0.1, 0.15) is 29.7 Å². The molecule has 1 aliphatic rings. The van der Waals surface area contributed by atoms with Crippen LogP contribution < -0.4 is 14.4 Å². The standard InChI is InChI=1S/C28H24N2O6S/c1-4-36-18-9-6-16(7-10-18)25(32)23-24(17-8-12-20(31)21(14-17)35-3)30(27(34)26(23)33)28-29-19-11-5-15(2)13-22(19)37-28/h5-14,24,31-32H,4H2,1-3H3/b25-23+. The van der Waals surface area contributed by atoms with Gasteiger partial charge in [0.1, 0.15) is 11.5 Å². The number of ether oxygens (including phenoxy) is 2. The van der Waals surface area contributed by atoms with E-state index in [2.05, 4.69) is 4.98 Å². The summed E-state index contributed by atoms with van der Waals surface area (Å²) in [7, 11) is 1.41. The lowest BCUT2D eigenvalue weighted by Crippen LogP contribution is -2.29. The number of Topliss-reactive ketones (excluding diaryl/α,β-unsaturated/α-hetero) is 1. The molecule has 5 rings (SSSR count). The number of aromatic nitrogens is 1. The van der Waals surface area contributed by atoms with E-state index in [1.165, 1.54) is 29.4 Å². The summed E-state index contributed by atoms with van der Waals surface area (Å²) >= 11 is 1.28. The first-order valence-electron chi connectivity index (χ1n) is 11.6. The highest BCUT2D eigenvalue weighted by molar-refractivity contribution is 7.22. The number of aromatic hydroxyl groups is 1. The zero-order valence-corrected chi connectivity index (χ0v) is 21.2. The molecule has 8 nitrogen and oxygen atoms in total. The highest BCUT2D eigenvalue weighted by Gasteiger charge is 2.48. The number of benzene rings is 3. The SMILES string of the molecule is CCOc1ccc(/C(O)=C2\C(=O)C(=O)N(c3nc4ccc(C)cc4s3)C2c2ccc(O)c(OC)c2)cc1. The topological polar surface area (TPSA) is 109 Å². The quantitative estimate of drug-likeness (QED) is 0.202. The van der Waals surface area contributed by atoms with Crippen molar-refractivity contribution in [3.8, 4) is 17.2 Å². The summed E-state index contributed by atoms with van der Waals surface area (Å²) in [4.78, 5) is 32.8. The second-order valence-corrected chi connectivity index (χ2v) is 9.53. The number of carbonyl (C=O) groups excluding carboxylic acids is 2. The molecule has 0 spiro atoms. The Kier molecular flexibility index (Phi) is 6.31. The van der Waals surface area contributed by atoms with Gasteiger partial charge in [-0.1, -0.05) is 23.5 Å². The zero-order chi connectivity index (χ0) is 26.3. The van der Waals surface area contributed by atoms with Gasteiger partial charge >= 0.3 is 5.91 Å².